The van der Waals surface area contributed by atoms with Crippen molar-refractivity contribution in [2.24, 2.45) is 4.99 Å². The summed E-state index contributed by atoms with van der Waals surface area (Å²) in [4.78, 5) is 4.30. The van der Waals surface area contributed by atoms with Crippen LogP contribution in [0.15, 0.2) is 45.9 Å². The van der Waals surface area contributed by atoms with Crippen LogP contribution in [0.5, 0.6) is 0 Å². The lowest BCUT2D eigenvalue weighted by Gasteiger charge is -2.24. The number of rotatable bonds is 4. The second-order valence-electron chi connectivity index (χ2n) is 5.95. The third-order valence-electron chi connectivity index (χ3n) is 4.22. The third-order valence-corrected chi connectivity index (χ3v) is 4.22. The Kier molecular flexibility index (Phi) is 5.29. The molecule has 1 aliphatic rings. The molecule has 5 heteroatoms. The minimum atomic E-state index is 0.534. The number of nitrogens with zero attached hydrogens (tertiary/aromatic N) is 2. The Morgan fingerprint density at radius 3 is 2.74 bits per heavy atom. The van der Waals surface area contributed by atoms with Crippen molar-refractivity contribution in [1.29, 1.82) is 0 Å². The zero-order valence-electron chi connectivity index (χ0n) is 13.6. The largest absolute Gasteiger partial charge is 0.356 e. The topological polar surface area (TPSA) is 62.5 Å². The van der Waals surface area contributed by atoms with E-state index in [1.54, 1.807) is 7.05 Å². The van der Waals surface area contributed by atoms with Crippen molar-refractivity contribution in [2.75, 3.05) is 7.05 Å². The second kappa shape index (κ2) is 7.81. The molecule has 1 aliphatic carbocycles. The molecule has 0 bridgehead atoms. The van der Waals surface area contributed by atoms with Gasteiger partial charge in [0.1, 0.15) is 5.69 Å². The molecule has 23 heavy (non-hydrogen) atoms. The lowest BCUT2D eigenvalue weighted by Crippen LogP contribution is -2.43. The van der Waals surface area contributed by atoms with Crippen LogP contribution in [0.2, 0.25) is 0 Å². The van der Waals surface area contributed by atoms with Crippen LogP contribution in [0.3, 0.4) is 0 Å². The van der Waals surface area contributed by atoms with Crippen LogP contribution in [0.25, 0.3) is 11.3 Å². The first-order chi connectivity index (χ1) is 11.3. The van der Waals surface area contributed by atoms with Crippen molar-refractivity contribution in [3.8, 4) is 11.3 Å². The predicted molar refractivity (Wildman–Crippen MR) is 92.1 cm³/mol. The highest BCUT2D eigenvalue weighted by Crippen LogP contribution is 2.20. The Hall–Kier alpha value is -2.30. The SMILES string of the molecule is CN=C(NCc1cc(-c2ccccc2)on1)NC1CCCCC1. The molecular formula is C18H24N4O. The first-order valence-electron chi connectivity index (χ1n) is 8.33. The smallest absolute Gasteiger partial charge is 0.191 e. The first-order valence-corrected chi connectivity index (χ1v) is 8.33. The number of benzene rings is 1. The number of hydrogen-bond donors (Lipinski definition) is 2. The fraction of sp³-hybridized carbons (Fsp3) is 0.444. The quantitative estimate of drug-likeness (QED) is 0.671. The molecule has 1 aromatic heterocycles. The zero-order valence-corrected chi connectivity index (χ0v) is 13.6. The van der Waals surface area contributed by atoms with Gasteiger partial charge in [0.2, 0.25) is 0 Å². The molecule has 1 fully saturated rings. The molecular weight excluding hydrogens is 288 g/mol. The standard InChI is InChI=1S/C18H24N4O/c1-19-18(21-15-10-6-3-7-11-15)20-13-16-12-17(23-22-16)14-8-4-2-5-9-14/h2,4-5,8-9,12,15H,3,6-7,10-11,13H2,1H3,(H2,19,20,21). The molecule has 3 rings (SSSR count). The van der Waals surface area contributed by atoms with Crippen LogP contribution in [0.4, 0.5) is 0 Å². The molecule has 122 valence electrons. The van der Waals surface area contributed by atoms with Gasteiger partial charge in [0.15, 0.2) is 11.7 Å². The van der Waals surface area contributed by atoms with Gasteiger partial charge in [-0.1, -0.05) is 54.8 Å². The summed E-state index contributed by atoms with van der Waals surface area (Å²) >= 11 is 0. The van der Waals surface area contributed by atoms with E-state index in [-0.39, 0.29) is 0 Å². The maximum absolute atomic E-state index is 5.42. The molecule has 2 N–H and O–H groups in total. The van der Waals surface area contributed by atoms with E-state index in [2.05, 4.69) is 20.8 Å². The average Bonchev–Trinajstić information content (AvgIpc) is 3.09. The van der Waals surface area contributed by atoms with Gasteiger partial charge in [0.25, 0.3) is 0 Å². The first kappa shape index (κ1) is 15.6. The number of aliphatic imine (C=N–C) groups is 1. The summed E-state index contributed by atoms with van der Waals surface area (Å²) < 4.78 is 5.42. The van der Waals surface area contributed by atoms with Crippen molar-refractivity contribution < 1.29 is 4.52 Å². The minimum Gasteiger partial charge on any atom is -0.356 e. The van der Waals surface area contributed by atoms with Crippen LogP contribution in [-0.4, -0.2) is 24.2 Å². The highest BCUT2D eigenvalue weighted by molar-refractivity contribution is 5.79. The van der Waals surface area contributed by atoms with E-state index in [0.717, 1.165) is 23.0 Å². The molecule has 5 nitrogen and oxygen atoms in total. The molecule has 1 heterocycles. The van der Waals surface area contributed by atoms with Gasteiger partial charge in [-0.2, -0.15) is 0 Å². The van der Waals surface area contributed by atoms with Crippen molar-refractivity contribution in [3.05, 3.63) is 42.1 Å². The van der Waals surface area contributed by atoms with E-state index in [1.807, 2.05) is 36.4 Å². The Bertz CT molecular complexity index is 629. The molecule has 0 radical (unpaired) electrons. The maximum Gasteiger partial charge on any atom is 0.191 e. The van der Waals surface area contributed by atoms with E-state index in [9.17, 15) is 0 Å². The van der Waals surface area contributed by atoms with Gasteiger partial charge in [-0.25, -0.2) is 0 Å². The fourth-order valence-electron chi connectivity index (χ4n) is 2.94. The van der Waals surface area contributed by atoms with E-state index >= 15 is 0 Å². The van der Waals surface area contributed by atoms with Crippen molar-refractivity contribution in [2.45, 2.75) is 44.7 Å². The van der Waals surface area contributed by atoms with E-state index < -0.39 is 0 Å². The Labute approximate surface area is 137 Å². The summed E-state index contributed by atoms with van der Waals surface area (Å²) in [5.74, 6) is 1.62. The molecule has 1 aromatic carbocycles. The monoisotopic (exact) mass is 312 g/mol. The second-order valence-corrected chi connectivity index (χ2v) is 5.95. The van der Waals surface area contributed by atoms with Gasteiger partial charge in [0.05, 0.1) is 6.54 Å². The number of hydrogen-bond acceptors (Lipinski definition) is 3. The molecule has 0 unspecified atom stereocenters. The highest BCUT2D eigenvalue weighted by atomic mass is 16.5. The average molecular weight is 312 g/mol. The van der Waals surface area contributed by atoms with Crippen LogP contribution in [0.1, 0.15) is 37.8 Å². The summed E-state index contributed by atoms with van der Waals surface area (Å²) in [5.41, 5.74) is 1.91. The Morgan fingerprint density at radius 1 is 1.22 bits per heavy atom. The van der Waals surface area contributed by atoms with Crippen molar-refractivity contribution in [3.63, 3.8) is 0 Å². The minimum absolute atomic E-state index is 0.534. The van der Waals surface area contributed by atoms with Gasteiger partial charge in [0, 0.05) is 24.7 Å². The van der Waals surface area contributed by atoms with E-state index in [0.29, 0.717) is 12.6 Å². The molecule has 0 amide bonds. The molecule has 0 aliphatic heterocycles. The number of nitrogens with one attached hydrogen (secondary N) is 2. The van der Waals surface area contributed by atoms with Gasteiger partial charge in [-0.05, 0) is 12.8 Å². The lowest BCUT2D eigenvalue weighted by atomic mass is 9.96. The molecule has 0 atom stereocenters. The number of guanidine groups is 1. The zero-order chi connectivity index (χ0) is 15.9. The summed E-state index contributed by atoms with van der Waals surface area (Å²) in [6.45, 7) is 0.600. The van der Waals surface area contributed by atoms with Crippen LogP contribution < -0.4 is 10.6 Å². The molecule has 0 spiro atoms. The Morgan fingerprint density at radius 2 is 2.00 bits per heavy atom. The van der Waals surface area contributed by atoms with E-state index in [4.69, 9.17) is 4.52 Å². The van der Waals surface area contributed by atoms with Crippen molar-refractivity contribution >= 4 is 5.96 Å². The summed E-state index contributed by atoms with van der Waals surface area (Å²) in [6, 6.07) is 12.5. The third kappa shape index (κ3) is 4.34. The van der Waals surface area contributed by atoms with Gasteiger partial charge >= 0.3 is 0 Å². The van der Waals surface area contributed by atoms with Crippen LogP contribution in [0, 0.1) is 0 Å². The van der Waals surface area contributed by atoms with Gasteiger partial charge < -0.3 is 15.2 Å². The van der Waals surface area contributed by atoms with Gasteiger partial charge in [-0.15, -0.1) is 0 Å². The van der Waals surface area contributed by atoms with Crippen molar-refractivity contribution in [1.82, 2.24) is 15.8 Å². The van der Waals surface area contributed by atoms with Crippen LogP contribution >= 0.6 is 0 Å². The predicted octanol–water partition coefficient (Wildman–Crippen LogP) is 3.34. The summed E-state index contributed by atoms with van der Waals surface area (Å²) in [5, 5.41) is 10.9. The lowest BCUT2D eigenvalue weighted by molar-refractivity contribution is 0.408. The fourth-order valence-corrected chi connectivity index (χ4v) is 2.94. The van der Waals surface area contributed by atoms with Gasteiger partial charge in [-0.3, -0.25) is 4.99 Å². The van der Waals surface area contributed by atoms with Crippen LogP contribution in [-0.2, 0) is 6.54 Å². The molecule has 1 saturated carbocycles. The Balaban J connectivity index is 1.54. The normalized spacial score (nSPS) is 16.3. The molecule has 2 aromatic rings. The molecule has 0 saturated heterocycles. The summed E-state index contributed by atoms with van der Waals surface area (Å²) in [7, 11) is 1.80. The van der Waals surface area contributed by atoms with E-state index in [1.165, 1.54) is 32.1 Å². The number of aromatic nitrogens is 1. The highest BCUT2D eigenvalue weighted by Gasteiger charge is 2.14. The maximum atomic E-state index is 5.42. The summed E-state index contributed by atoms with van der Waals surface area (Å²) in [6.07, 6.45) is 6.41.